The lowest BCUT2D eigenvalue weighted by Crippen LogP contribution is -2.22. The van der Waals surface area contributed by atoms with Crippen molar-refractivity contribution in [2.45, 2.75) is 33.0 Å². The molecule has 16 heavy (non-hydrogen) atoms. The van der Waals surface area contributed by atoms with Gasteiger partial charge < -0.3 is 0 Å². The van der Waals surface area contributed by atoms with Crippen LogP contribution in [-0.4, -0.2) is 21.3 Å². The van der Waals surface area contributed by atoms with Crippen LogP contribution in [0.2, 0.25) is 0 Å². The molecule has 0 radical (unpaired) electrons. The van der Waals surface area contributed by atoms with E-state index in [1.807, 2.05) is 0 Å². The minimum atomic E-state index is -4.62. The van der Waals surface area contributed by atoms with Crippen LogP contribution in [0.4, 0.5) is 13.2 Å². The van der Waals surface area contributed by atoms with Crippen molar-refractivity contribution < 1.29 is 18.0 Å². The van der Waals surface area contributed by atoms with Crippen LogP contribution in [-0.2, 0) is 6.18 Å². The van der Waals surface area contributed by atoms with Gasteiger partial charge in [-0.1, -0.05) is 19.1 Å². The van der Waals surface area contributed by atoms with Gasteiger partial charge in [0.2, 0.25) is 0 Å². The molecule has 0 aliphatic rings. The highest BCUT2D eigenvalue weighted by Crippen LogP contribution is 2.33. The zero-order valence-corrected chi connectivity index (χ0v) is 9.12. The summed E-state index contributed by atoms with van der Waals surface area (Å²) in [7, 11) is 0. The second kappa shape index (κ2) is 4.23. The lowest BCUT2D eigenvalue weighted by atomic mass is 10.1. The number of aromatic nitrogens is 3. The van der Waals surface area contributed by atoms with Crippen LogP contribution < -0.4 is 0 Å². The van der Waals surface area contributed by atoms with Crippen molar-refractivity contribution >= 4 is 6.29 Å². The second-order valence-corrected chi connectivity index (χ2v) is 3.87. The molecule has 0 spiro atoms. The maximum Gasteiger partial charge on any atom is 0.435 e. The molecule has 1 atom stereocenters. The van der Waals surface area contributed by atoms with Crippen LogP contribution in [0.5, 0.6) is 0 Å². The van der Waals surface area contributed by atoms with E-state index in [2.05, 4.69) is 10.3 Å². The number of rotatable bonds is 3. The van der Waals surface area contributed by atoms with E-state index in [0.29, 0.717) is 0 Å². The molecule has 4 nitrogen and oxygen atoms in total. The fraction of sp³-hybridized carbons (Fsp3) is 0.667. The molecule has 0 amide bonds. The fourth-order valence-electron chi connectivity index (χ4n) is 1.23. The number of hydrogen-bond acceptors (Lipinski definition) is 3. The van der Waals surface area contributed by atoms with Gasteiger partial charge in [0, 0.05) is 0 Å². The molecule has 0 aromatic carbocycles. The second-order valence-electron chi connectivity index (χ2n) is 3.87. The van der Waals surface area contributed by atoms with Gasteiger partial charge in [-0.05, 0) is 12.8 Å². The molecule has 0 fully saturated rings. The highest BCUT2D eigenvalue weighted by Gasteiger charge is 2.40. The molecule has 0 aliphatic heterocycles. The van der Waals surface area contributed by atoms with Crippen molar-refractivity contribution in [1.29, 1.82) is 0 Å². The Morgan fingerprint density at radius 1 is 1.31 bits per heavy atom. The summed E-state index contributed by atoms with van der Waals surface area (Å²) in [5, 5.41) is 6.62. The van der Waals surface area contributed by atoms with Gasteiger partial charge in [0.25, 0.3) is 0 Å². The first kappa shape index (κ1) is 12.7. The van der Waals surface area contributed by atoms with E-state index in [1.165, 1.54) is 0 Å². The quantitative estimate of drug-likeness (QED) is 0.755. The third-order valence-electron chi connectivity index (χ3n) is 2.45. The standard InChI is InChI=1S/C9H12F3N3O/c1-5(2)6(3)15-8(9(10,11)12)7(4-16)13-14-15/h4-6H,1-3H3. The van der Waals surface area contributed by atoms with Gasteiger partial charge in [-0.3, -0.25) is 4.79 Å². The minimum Gasteiger partial charge on any atom is -0.296 e. The molecule has 1 rings (SSSR count). The van der Waals surface area contributed by atoms with Gasteiger partial charge in [0.15, 0.2) is 17.7 Å². The predicted octanol–water partition coefficient (Wildman–Crippen LogP) is 2.33. The third-order valence-corrected chi connectivity index (χ3v) is 2.45. The van der Waals surface area contributed by atoms with Crippen molar-refractivity contribution in [2.24, 2.45) is 5.92 Å². The lowest BCUT2D eigenvalue weighted by Gasteiger charge is -2.19. The van der Waals surface area contributed by atoms with Gasteiger partial charge >= 0.3 is 6.18 Å². The molecule has 0 saturated heterocycles. The van der Waals surface area contributed by atoms with Crippen LogP contribution in [0.15, 0.2) is 0 Å². The Balaban J connectivity index is 3.31. The summed E-state index contributed by atoms with van der Waals surface area (Å²) in [5.41, 5.74) is -1.75. The molecule has 1 aromatic rings. The van der Waals surface area contributed by atoms with E-state index < -0.39 is 23.6 Å². The molecule has 1 heterocycles. The summed E-state index contributed by atoms with van der Waals surface area (Å²) < 4.78 is 38.8. The summed E-state index contributed by atoms with van der Waals surface area (Å²) in [4.78, 5) is 10.5. The van der Waals surface area contributed by atoms with Crippen LogP contribution in [0.1, 0.15) is 43.0 Å². The van der Waals surface area contributed by atoms with Gasteiger partial charge in [-0.15, -0.1) is 5.10 Å². The average molecular weight is 235 g/mol. The Bertz CT molecular complexity index is 384. The number of aldehydes is 1. The highest BCUT2D eigenvalue weighted by atomic mass is 19.4. The predicted molar refractivity (Wildman–Crippen MR) is 50.0 cm³/mol. The van der Waals surface area contributed by atoms with Crippen molar-refractivity contribution in [3.8, 4) is 0 Å². The summed E-state index contributed by atoms with van der Waals surface area (Å²) in [6, 6.07) is -0.474. The van der Waals surface area contributed by atoms with Gasteiger partial charge in [0.1, 0.15) is 0 Å². The van der Waals surface area contributed by atoms with Gasteiger partial charge in [-0.25, -0.2) is 4.68 Å². The van der Waals surface area contributed by atoms with Gasteiger partial charge in [0.05, 0.1) is 6.04 Å². The normalized spacial score (nSPS) is 14.2. The monoisotopic (exact) mass is 235 g/mol. The Hall–Kier alpha value is -1.40. The highest BCUT2D eigenvalue weighted by molar-refractivity contribution is 5.73. The zero-order chi connectivity index (χ0) is 12.5. The summed E-state index contributed by atoms with van der Waals surface area (Å²) in [6.07, 6.45) is -4.55. The maximum absolute atomic E-state index is 12.7. The first-order valence-electron chi connectivity index (χ1n) is 4.76. The molecule has 0 bridgehead atoms. The van der Waals surface area contributed by atoms with E-state index in [0.717, 1.165) is 4.68 Å². The lowest BCUT2D eigenvalue weighted by molar-refractivity contribution is -0.145. The SMILES string of the molecule is CC(C)C(C)n1nnc(C=O)c1C(F)(F)F. The molecule has 7 heteroatoms. The van der Waals surface area contributed by atoms with Gasteiger partial charge in [-0.2, -0.15) is 13.2 Å². The zero-order valence-electron chi connectivity index (χ0n) is 9.12. The number of nitrogens with zero attached hydrogens (tertiary/aromatic N) is 3. The number of carbonyl (C=O) groups excluding carboxylic acids is 1. The molecule has 0 saturated carbocycles. The van der Waals surface area contributed by atoms with Crippen LogP contribution in [0, 0.1) is 5.92 Å². The largest absolute Gasteiger partial charge is 0.435 e. The average Bonchev–Trinajstić information content (AvgIpc) is 2.58. The molecule has 1 unspecified atom stereocenters. The van der Waals surface area contributed by atoms with Crippen LogP contribution >= 0.6 is 0 Å². The first-order valence-corrected chi connectivity index (χ1v) is 4.76. The molecule has 0 N–H and O–H groups in total. The number of carbonyl (C=O) groups is 1. The maximum atomic E-state index is 12.7. The Morgan fingerprint density at radius 3 is 2.25 bits per heavy atom. The van der Waals surface area contributed by atoms with Crippen LogP contribution in [0.3, 0.4) is 0 Å². The molecular formula is C9H12F3N3O. The third kappa shape index (κ3) is 2.23. The number of alkyl halides is 3. The van der Waals surface area contributed by atoms with E-state index in [-0.39, 0.29) is 12.2 Å². The molecule has 1 aromatic heterocycles. The molecule has 0 aliphatic carbocycles. The fourth-order valence-corrected chi connectivity index (χ4v) is 1.23. The number of halogens is 3. The topological polar surface area (TPSA) is 47.8 Å². The molecule has 90 valence electrons. The van der Waals surface area contributed by atoms with Crippen molar-refractivity contribution in [3.63, 3.8) is 0 Å². The Kier molecular flexibility index (Phi) is 3.35. The van der Waals surface area contributed by atoms with E-state index in [9.17, 15) is 18.0 Å². The Labute approximate surface area is 90.4 Å². The Morgan fingerprint density at radius 2 is 1.88 bits per heavy atom. The van der Waals surface area contributed by atoms with Crippen LogP contribution in [0.25, 0.3) is 0 Å². The van der Waals surface area contributed by atoms with Crippen molar-refractivity contribution in [1.82, 2.24) is 15.0 Å². The van der Waals surface area contributed by atoms with E-state index in [4.69, 9.17) is 0 Å². The minimum absolute atomic E-state index is 0.0395. The smallest absolute Gasteiger partial charge is 0.296 e. The van der Waals surface area contributed by atoms with E-state index >= 15 is 0 Å². The van der Waals surface area contributed by atoms with Crippen molar-refractivity contribution in [2.75, 3.05) is 0 Å². The number of hydrogen-bond donors (Lipinski definition) is 0. The summed E-state index contributed by atoms with van der Waals surface area (Å²) >= 11 is 0. The molecular weight excluding hydrogens is 223 g/mol. The summed E-state index contributed by atoms with van der Waals surface area (Å²) in [5.74, 6) is -0.0395. The first-order chi connectivity index (χ1) is 7.29. The van der Waals surface area contributed by atoms with E-state index in [1.54, 1.807) is 20.8 Å². The summed E-state index contributed by atoms with van der Waals surface area (Å²) in [6.45, 7) is 5.14. The van der Waals surface area contributed by atoms with Crippen molar-refractivity contribution in [3.05, 3.63) is 11.4 Å².